The van der Waals surface area contributed by atoms with Gasteiger partial charge in [0.05, 0.1) is 11.4 Å². The number of carbonyl (C=O) groups excluding carboxylic acids is 1. The zero-order valence-electron chi connectivity index (χ0n) is 15.7. The van der Waals surface area contributed by atoms with Gasteiger partial charge in [0.1, 0.15) is 19.2 Å². The lowest BCUT2D eigenvalue weighted by atomic mass is 10.2. The number of carbonyl (C=O) groups is 1. The number of imidazole rings is 1. The number of halogens is 2. The Morgan fingerprint density at radius 1 is 1.17 bits per heavy atom. The second kappa shape index (κ2) is 7.43. The summed E-state index contributed by atoms with van der Waals surface area (Å²) < 4.78 is 4.83. The van der Waals surface area contributed by atoms with Crippen molar-refractivity contribution in [3.05, 3.63) is 62.0 Å². The van der Waals surface area contributed by atoms with Gasteiger partial charge in [-0.1, -0.05) is 11.6 Å². The molecule has 0 spiro atoms. The van der Waals surface area contributed by atoms with Crippen LogP contribution in [0.25, 0.3) is 16.9 Å². The standard InChI is InChI=1S/C17H14Cl2N8O3/c1-24-14-13(15(29)25(2)17(24)30)26(16(19)23-14)6-12(28)22-10-5-9(18)3-4-11(10)27-8-20-7-21-27/h3-5,7-8H,6H2,1-2H3,(H,22,28). The van der Waals surface area contributed by atoms with Crippen LogP contribution >= 0.6 is 23.2 Å². The van der Waals surface area contributed by atoms with Crippen molar-refractivity contribution in [2.45, 2.75) is 6.54 Å². The van der Waals surface area contributed by atoms with Crippen molar-refractivity contribution in [1.29, 1.82) is 0 Å². The summed E-state index contributed by atoms with van der Waals surface area (Å²) in [6, 6.07) is 4.89. The summed E-state index contributed by atoms with van der Waals surface area (Å²) in [6.07, 6.45) is 2.83. The van der Waals surface area contributed by atoms with Gasteiger partial charge in [0.2, 0.25) is 11.2 Å². The Labute approximate surface area is 178 Å². The minimum Gasteiger partial charge on any atom is -0.323 e. The molecule has 13 heteroatoms. The Morgan fingerprint density at radius 2 is 1.93 bits per heavy atom. The summed E-state index contributed by atoms with van der Waals surface area (Å²) in [5, 5.41) is 7.10. The largest absolute Gasteiger partial charge is 0.332 e. The van der Waals surface area contributed by atoms with Gasteiger partial charge in [0, 0.05) is 19.1 Å². The number of rotatable bonds is 4. The molecule has 0 atom stereocenters. The van der Waals surface area contributed by atoms with Crippen molar-refractivity contribution < 1.29 is 4.79 Å². The lowest BCUT2D eigenvalue weighted by molar-refractivity contribution is -0.116. The predicted octanol–water partition coefficient (Wildman–Crippen LogP) is 0.960. The van der Waals surface area contributed by atoms with Crippen LogP contribution < -0.4 is 16.6 Å². The average molecular weight is 449 g/mol. The monoisotopic (exact) mass is 448 g/mol. The molecule has 11 nitrogen and oxygen atoms in total. The van der Waals surface area contributed by atoms with E-state index in [-0.39, 0.29) is 23.0 Å². The number of anilines is 1. The molecule has 30 heavy (non-hydrogen) atoms. The molecule has 0 unspecified atom stereocenters. The first-order valence-corrected chi connectivity index (χ1v) is 9.29. The summed E-state index contributed by atoms with van der Waals surface area (Å²) in [5.41, 5.74) is -0.0840. The average Bonchev–Trinajstić information content (AvgIpc) is 3.34. The smallest absolute Gasteiger partial charge is 0.323 e. The molecule has 0 bridgehead atoms. The topological polar surface area (TPSA) is 122 Å². The predicted molar refractivity (Wildman–Crippen MR) is 110 cm³/mol. The molecule has 0 aliphatic carbocycles. The van der Waals surface area contributed by atoms with Crippen LogP contribution in [-0.4, -0.2) is 39.4 Å². The molecule has 0 fully saturated rings. The number of benzene rings is 1. The summed E-state index contributed by atoms with van der Waals surface area (Å²) in [6.45, 7) is -0.313. The molecular weight excluding hydrogens is 435 g/mol. The maximum atomic E-state index is 12.8. The number of fused-ring (bicyclic) bond motifs is 1. The van der Waals surface area contributed by atoms with E-state index in [0.717, 1.165) is 4.57 Å². The third kappa shape index (κ3) is 3.27. The van der Waals surface area contributed by atoms with Crippen LogP contribution in [-0.2, 0) is 25.4 Å². The number of hydrogen-bond donors (Lipinski definition) is 1. The van der Waals surface area contributed by atoms with E-state index in [1.54, 1.807) is 18.2 Å². The van der Waals surface area contributed by atoms with E-state index in [4.69, 9.17) is 23.2 Å². The van der Waals surface area contributed by atoms with Crippen LogP contribution in [0.4, 0.5) is 5.69 Å². The van der Waals surface area contributed by atoms with Gasteiger partial charge >= 0.3 is 5.69 Å². The molecule has 3 heterocycles. The van der Waals surface area contributed by atoms with Crippen molar-refractivity contribution in [3.63, 3.8) is 0 Å². The van der Waals surface area contributed by atoms with Crippen LogP contribution in [0.3, 0.4) is 0 Å². The Balaban J connectivity index is 1.72. The fraction of sp³-hybridized carbons (Fsp3) is 0.176. The van der Waals surface area contributed by atoms with E-state index in [1.165, 1.54) is 40.6 Å². The molecule has 1 amide bonds. The highest BCUT2D eigenvalue weighted by Gasteiger charge is 2.20. The van der Waals surface area contributed by atoms with Gasteiger partial charge in [-0.05, 0) is 29.8 Å². The highest BCUT2D eigenvalue weighted by Crippen LogP contribution is 2.24. The highest BCUT2D eigenvalue weighted by atomic mass is 35.5. The van der Waals surface area contributed by atoms with Crippen LogP contribution in [0.2, 0.25) is 10.3 Å². The molecule has 0 aliphatic heterocycles. The second-order valence-corrected chi connectivity index (χ2v) is 7.17. The van der Waals surface area contributed by atoms with Crippen molar-refractivity contribution in [3.8, 4) is 5.69 Å². The van der Waals surface area contributed by atoms with Crippen LogP contribution in [0.1, 0.15) is 0 Å². The van der Waals surface area contributed by atoms with Crippen LogP contribution in [0, 0.1) is 0 Å². The third-order valence-corrected chi connectivity index (χ3v) is 5.03. The van der Waals surface area contributed by atoms with E-state index < -0.39 is 17.2 Å². The van der Waals surface area contributed by atoms with Gasteiger partial charge in [-0.25, -0.2) is 14.5 Å². The zero-order valence-corrected chi connectivity index (χ0v) is 17.2. The molecular formula is C17H14Cl2N8O3. The van der Waals surface area contributed by atoms with Crippen LogP contribution in [0.5, 0.6) is 0 Å². The number of amides is 1. The van der Waals surface area contributed by atoms with Gasteiger partial charge < -0.3 is 5.32 Å². The normalized spacial score (nSPS) is 11.2. The van der Waals surface area contributed by atoms with Crippen molar-refractivity contribution in [2.24, 2.45) is 14.1 Å². The SMILES string of the molecule is Cn1c(=O)c2c(nc(Cl)n2CC(=O)Nc2cc(Cl)ccc2-n2cncn2)n(C)c1=O. The highest BCUT2D eigenvalue weighted by molar-refractivity contribution is 6.31. The number of aromatic nitrogens is 7. The first-order valence-electron chi connectivity index (χ1n) is 8.54. The van der Waals surface area contributed by atoms with Gasteiger partial charge in [-0.2, -0.15) is 10.1 Å². The van der Waals surface area contributed by atoms with Crippen molar-refractivity contribution >= 4 is 46.0 Å². The Morgan fingerprint density at radius 3 is 2.63 bits per heavy atom. The second-order valence-electron chi connectivity index (χ2n) is 6.39. The van der Waals surface area contributed by atoms with E-state index in [0.29, 0.717) is 16.4 Å². The minimum absolute atomic E-state index is 0.0438. The molecule has 0 radical (unpaired) electrons. The lowest BCUT2D eigenvalue weighted by Crippen LogP contribution is -2.37. The summed E-state index contributed by atoms with van der Waals surface area (Å²) in [4.78, 5) is 45.4. The first kappa shape index (κ1) is 19.9. The number of aryl methyl sites for hydroxylation is 1. The molecule has 1 N–H and O–H groups in total. The Kier molecular flexibility index (Phi) is 4.92. The van der Waals surface area contributed by atoms with E-state index in [1.807, 2.05) is 0 Å². The van der Waals surface area contributed by atoms with Gasteiger partial charge in [-0.15, -0.1) is 0 Å². The first-order chi connectivity index (χ1) is 14.3. The van der Waals surface area contributed by atoms with Crippen molar-refractivity contribution in [2.75, 3.05) is 5.32 Å². The molecule has 3 aromatic heterocycles. The summed E-state index contributed by atoms with van der Waals surface area (Å²) in [7, 11) is 2.81. The zero-order chi connectivity index (χ0) is 21.6. The maximum absolute atomic E-state index is 12.8. The number of nitrogens with one attached hydrogen (secondary N) is 1. The Bertz CT molecular complexity index is 1400. The summed E-state index contributed by atoms with van der Waals surface area (Å²) >= 11 is 12.2. The number of hydrogen-bond acceptors (Lipinski definition) is 6. The van der Waals surface area contributed by atoms with E-state index in [2.05, 4.69) is 20.4 Å². The van der Waals surface area contributed by atoms with Crippen molar-refractivity contribution in [1.82, 2.24) is 33.4 Å². The molecule has 0 saturated carbocycles. The fourth-order valence-electron chi connectivity index (χ4n) is 3.04. The summed E-state index contributed by atoms with van der Waals surface area (Å²) in [5.74, 6) is -0.490. The Hall–Kier alpha value is -3.44. The molecule has 4 rings (SSSR count). The quantitative estimate of drug-likeness (QED) is 0.464. The van der Waals surface area contributed by atoms with E-state index in [9.17, 15) is 14.4 Å². The van der Waals surface area contributed by atoms with Gasteiger partial charge in [0.25, 0.3) is 5.56 Å². The molecule has 0 aliphatic rings. The maximum Gasteiger partial charge on any atom is 0.332 e. The van der Waals surface area contributed by atoms with Gasteiger partial charge in [0.15, 0.2) is 11.2 Å². The molecule has 4 aromatic rings. The molecule has 154 valence electrons. The van der Waals surface area contributed by atoms with E-state index >= 15 is 0 Å². The van der Waals surface area contributed by atoms with Gasteiger partial charge in [-0.3, -0.25) is 23.3 Å². The lowest BCUT2D eigenvalue weighted by Gasteiger charge is -2.12. The van der Waals surface area contributed by atoms with Crippen LogP contribution in [0.15, 0.2) is 40.4 Å². The molecule has 0 saturated heterocycles. The molecule has 1 aromatic carbocycles. The fourth-order valence-corrected chi connectivity index (χ4v) is 3.43. The minimum atomic E-state index is -0.605. The third-order valence-electron chi connectivity index (χ3n) is 4.50. The number of nitrogens with zero attached hydrogens (tertiary/aromatic N) is 7.